The Morgan fingerprint density at radius 2 is 1.80 bits per heavy atom. The molecular formula is C33H38FN7O4. The summed E-state index contributed by atoms with van der Waals surface area (Å²) < 4.78 is 27.2. The summed E-state index contributed by atoms with van der Waals surface area (Å²) in [7, 11) is 2.15. The van der Waals surface area contributed by atoms with Crippen LogP contribution in [-0.4, -0.2) is 96.8 Å². The minimum absolute atomic E-state index is 0.196. The number of hydrogen-bond acceptors (Lipinski definition) is 10. The lowest BCUT2D eigenvalue weighted by molar-refractivity contribution is 0.0390. The van der Waals surface area contributed by atoms with Gasteiger partial charge in [0.15, 0.2) is 5.82 Å². The molecule has 0 bridgehead atoms. The van der Waals surface area contributed by atoms with Gasteiger partial charge in [0.25, 0.3) is 5.56 Å². The van der Waals surface area contributed by atoms with Gasteiger partial charge >= 0.3 is 0 Å². The van der Waals surface area contributed by atoms with Crippen LogP contribution < -0.4 is 21.0 Å². The molecule has 12 heteroatoms. The van der Waals surface area contributed by atoms with Gasteiger partial charge in [0.1, 0.15) is 24.7 Å². The maximum atomic E-state index is 14.3. The number of likely N-dealkylation sites (N-methyl/N-ethyl adjacent to an activating group) is 1. The molecule has 4 heterocycles. The maximum Gasteiger partial charge on any atom is 0.273 e. The Bertz CT molecular complexity index is 1600. The van der Waals surface area contributed by atoms with Crippen molar-refractivity contribution in [1.29, 1.82) is 0 Å². The van der Waals surface area contributed by atoms with Gasteiger partial charge in [-0.15, -0.1) is 0 Å². The predicted octanol–water partition coefficient (Wildman–Crippen LogP) is 2.86. The highest BCUT2D eigenvalue weighted by Crippen LogP contribution is 2.27. The van der Waals surface area contributed by atoms with Crippen LogP contribution in [0.3, 0.4) is 0 Å². The molecule has 6 rings (SSSR count). The van der Waals surface area contributed by atoms with Crippen LogP contribution in [-0.2, 0) is 4.74 Å². The van der Waals surface area contributed by atoms with Gasteiger partial charge in [0.05, 0.1) is 25.0 Å². The van der Waals surface area contributed by atoms with Gasteiger partial charge in [-0.05, 0) is 30.8 Å². The molecule has 236 valence electrons. The average Bonchev–Trinajstić information content (AvgIpc) is 3.08. The largest absolute Gasteiger partial charge is 0.492 e. The first-order chi connectivity index (χ1) is 21.9. The fourth-order valence-electron chi connectivity index (χ4n) is 5.13. The highest BCUT2D eigenvalue weighted by Gasteiger charge is 2.26. The molecule has 0 saturated carbocycles. The number of rotatable bonds is 8. The number of carbonyl (C=O) groups excluding carboxylic acids is 1. The van der Waals surface area contributed by atoms with E-state index in [1.807, 2.05) is 47.4 Å². The number of ether oxygens (including phenoxy) is 2. The zero-order valence-corrected chi connectivity index (χ0v) is 25.3. The van der Waals surface area contributed by atoms with E-state index in [2.05, 4.69) is 26.8 Å². The maximum absolute atomic E-state index is 14.3. The third kappa shape index (κ3) is 8.50. The normalized spacial score (nSPS) is 17.3. The minimum Gasteiger partial charge on any atom is -0.492 e. The third-order valence-corrected chi connectivity index (χ3v) is 7.79. The number of nitrogens with two attached hydrogens (primary N) is 1. The lowest BCUT2D eigenvalue weighted by Crippen LogP contribution is -2.45. The van der Waals surface area contributed by atoms with E-state index in [1.165, 1.54) is 18.3 Å². The standard InChI is InChI=1S/C26H32FN7O3.C7H6O/c1-31-8-10-32(11-9-31)12-14-36-20-4-2-19(3-5-20)24-18-33(13-15-37-24)26-30-23(16-25(35)34(26)28)21-6-7-29-17-22(21)27;8-6-7-4-2-1-3-5-7/h2-7,16-17,24H,8-15,18,28H2,1H3;1-6H. The molecule has 2 aliphatic rings. The summed E-state index contributed by atoms with van der Waals surface area (Å²) >= 11 is 0. The van der Waals surface area contributed by atoms with E-state index in [1.54, 1.807) is 12.1 Å². The molecule has 2 aromatic heterocycles. The van der Waals surface area contributed by atoms with Crippen molar-refractivity contribution >= 4 is 12.2 Å². The summed E-state index contributed by atoms with van der Waals surface area (Å²) in [5.74, 6) is 6.56. The predicted molar refractivity (Wildman–Crippen MR) is 170 cm³/mol. The number of halogens is 1. The second kappa shape index (κ2) is 15.4. The summed E-state index contributed by atoms with van der Waals surface area (Å²) in [5.41, 5.74) is 1.65. The fourth-order valence-corrected chi connectivity index (χ4v) is 5.13. The van der Waals surface area contributed by atoms with Crippen molar-refractivity contribution in [3.63, 3.8) is 0 Å². The van der Waals surface area contributed by atoms with E-state index in [0.717, 1.165) is 66.8 Å². The van der Waals surface area contributed by atoms with E-state index in [4.69, 9.17) is 15.3 Å². The molecular weight excluding hydrogens is 577 g/mol. The van der Waals surface area contributed by atoms with Crippen molar-refractivity contribution in [2.45, 2.75) is 6.10 Å². The van der Waals surface area contributed by atoms with Gasteiger partial charge in [-0.1, -0.05) is 42.5 Å². The highest BCUT2D eigenvalue weighted by molar-refractivity contribution is 5.74. The van der Waals surface area contributed by atoms with Crippen LogP contribution in [0.4, 0.5) is 10.3 Å². The number of morpholine rings is 1. The van der Waals surface area contributed by atoms with E-state index in [9.17, 15) is 14.0 Å². The first kappa shape index (κ1) is 31.8. The van der Waals surface area contributed by atoms with Gasteiger partial charge in [0.2, 0.25) is 5.95 Å². The number of carbonyl (C=O) groups is 1. The Kier molecular flexibility index (Phi) is 10.9. The zero-order chi connectivity index (χ0) is 31.6. The number of pyridine rings is 1. The van der Waals surface area contributed by atoms with Crippen molar-refractivity contribution in [1.82, 2.24) is 24.4 Å². The molecule has 0 amide bonds. The second-order valence-electron chi connectivity index (χ2n) is 10.9. The molecule has 2 aliphatic heterocycles. The highest BCUT2D eigenvalue weighted by atomic mass is 19.1. The Labute approximate surface area is 261 Å². The van der Waals surface area contributed by atoms with Crippen molar-refractivity contribution in [3.8, 4) is 17.0 Å². The Hall–Kier alpha value is -4.65. The molecule has 2 saturated heterocycles. The topological polar surface area (TPSA) is 119 Å². The van der Waals surface area contributed by atoms with Gasteiger partial charge in [-0.2, -0.15) is 4.68 Å². The van der Waals surface area contributed by atoms with Crippen LogP contribution in [0.1, 0.15) is 22.0 Å². The smallest absolute Gasteiger partial charge is 0.273 e. The molecule has 2 fully saturated rings. The summed E-state index contributed by atoms with van der Waals surface area (Å²) in [5, 5.41) is 0. The zero-order valence-electron chi connectivity index (χ0n) is 25.3. The Morgan fingerprint density at radius 1 is 1.04 bits per heavy atom. The van der Waals surface area contributed by atoms with E-state index >= 15 is 0 Å². The molecule has 4 aromatic rings. The molecule has 0 aliphatic carbocycles. The number of nitrogen functional groups attached to an aromatic ring is 1. The van der Waals surface area contributed by atoms with Crippen molar-refractivity contribution in [3.05, 3.63) is 106 Å². The van der Waals surface area contributed by atoms with E-state index < -0.39 is 11.4 Å². The average molecular weight is 616 g/mol. The molecule has 0 spiro atoms. The van der Waals surface area contributed by atoms with E-state index in [-0.39, 0.29) is 23.3 Å². The first-order valence-corrected chi connectivity index (χ1v) is 14.9. The van der Waals surface area contributed by atoms with Crippen LogP contribution in [0.5, 0.6) is 5.75 Å². The van der Waals surface area contributed by atoms with Crippen molar-refractivity contribution in [2.75, 3.05) is 76.8 Å². The summed E-state index contributed by atoms with van der Waals surface area (Å²) in [6, 6.07) is 19.7. The molecule has 1 unspecified atom stereocenters. The number of benzene rings is 2. The summed E-state index contributed by atoms with van der Waals surface area (Å²) in [6.07, 6.45) is 3.14. The number of aromatic nitrogens is 3. The molecule has 0 radical (unpaired) electrons. The minimum atomic E-state index is -0.555. The van der Waals surface area contributed by atoms with Crippen LogP contribution in [0.2, 0.25) is 0 Å². The third-order valence-electron chi connectivity index (χ3n) is 7.79. The molecule has 2 N–H and O–H groups in total. The molecule has 45 heavy (non-hydrogen) atoms. The fraction of sp³-hybridized carbons (Fsp3) is 0.333. The SMILES string of the molecule is CN1CCN(CCOc2ccc(C3CN(c4nc(-c5ccncc5F)cc(=O)n4N)CCO3)cc2)CC1.O=Cc1ccccc1. The number of hydrogen-bond donors (Lipinski definition) is 1. The van der Waals surface area contributed by atoms with E-state index in [0.29, 0.717) is 26.3 Å². The molecule has 11 nitrogen and oxygen atoms in total. The molecule has 1 atom stereocenters. The quantitative estimate of drug-likeness (QED) is 0.234. The lowest BCUT2D eigenvalue weighted by atomic mass is 10.1. The van der Waals surface area contributed by atoms with Crippen LogP contribution >= 0.6 is 0 Å². The first-order valence-electron chi connectivity index (χ1n) is 14.9. The van der Waals surface area contributed by atoms with Crippen LogP contribution in [0.15, 0.2) is 83.9 Å². The monoisotopic (exact) mass is 615 g/mol. The van der Waals surface area contributed by atoms with Gasteiger partial charge < -0.3 is 25.1 Å². The van der Waals surface area contributed by atoms with Gasteiger partial charge in [-0.3, -0.25) is 19.5 Å². The lowest BCUT2D eigenvalue weighted by Gasteiger charge is -2.34. The summed E-state index contributed by atoms with van der Waals surface area (Å²) in [6.45, 7) is 7.24. The summed E-state index contributed by atoms with van der Waals surface area (Å²) in [4.78, 5) is 37.5. The van der Waals surface area contributed by atoms with Crippen molar-refractivity contribution < 1.29 is 18.7 Å². The number of aldehydes is 1. The molecule has 2 aromatic carbocycles. The second-order valence-corrected chi connectivity index (χ2v) is 10.9. The number of anilines is 1. The Balaban J connectivity index is 0.000000436. The van der Waals surface area contributed by atoms with Crippen molar-refractivity contribution in [2.24, 2.45) is 0 Å². The van der Waals surface area contributed by atoms with Gasteiger partial charge in [0, 0.05) is 62.7 Å². The number of nitrogens with zero attached hydrogens (tertiary/aromatic N) is 6. The number of piperazine rings is 1. The van der Waals surface area contributed by atoms with Crippen LogP contribution in [0.25, 0.3) is 11.3 Å². The van der Waals surface area contributed by atoms with Gasteiger partial charge in [-0.25, -0.2) is 9.37 Å². The van der Waals surface area contributed by atoms with Crippen LogP contribution in [0, 0.1) is 5.82 Å². The Morgan fingerprint density at radius 3 is 2.49 bits per heavy atom.